The zero-order chi connectivity index (χ0) is 21.3. The molecule has 166 valence electrons. The van der Waals surface area contributed by atoms with E-state index in [2.05, 4.69) is 44.4 Å². The van der Waals surface area contributed by atoms with Crippen LogP contribution in [0.1, 0.15) is 43.7 Å². The van der Waals surface area contributed by atoms with Gasteiger partial charge in [-0.3, -0.25) is 14.7 Å². The second-order valence-electron chi connectivity index (χ2n) is 8.24. The quantitative estimate of drug-likeness (QED) is 0.420. The Morgan fingerprint density at radius 2 is 1.73 bits per heavy atom. The normalized spacial score (nSPS) is 19.7. The second-order valence-corrected chi connectivity index (χ2v) is 8.24. The molecule has 0 saturated carbocycles. The fraction of sp³-hybridized carbons (Fsp3) is 0.652. The van der Waals surface area contributed by atoms with Gasteiger partial charge in [0.15, 0.2) is 5.96 Å². The molecule has 0 aliphatic carbocycles. The Kier molecular flexibility index (Phi) is 8.51. The molecule has 2 fully saturated rings. The van der Waals surface area contributed by atoms with E-state index in [-0.39, 0.29) is 18.0 Å². The van der Waals surface area contributed by atoms with E-state index in [0.717, 1.165) is 70.9 Å². The highest BCUT2D eigenvalue weighted by Crippen LogP contribution is 2.19. The minimum Gasteiger partial charge on any atom is -0.466 e. The maximum atomic E-state index is 11.9. The summed E-state index contributed by atoms with van der Waals surface area (Å²) in [5, 5.41) is 13.1. The molecule has 0 aromatic heterocycles. The van der Waals surface area contributed by atoms with Crippen LogP contribution in [0.4, 0.5) is 0 Å². The Balaban J connectivity index is 1.43. The van der Waals surface area contributed by atoms with Gasteiger partial charge in [-0.05, 0) is 43.7 Å². The van der Waals surface area contributed by atoms with Gasteiger partial charge in [0, 0.05) is 46.3 Å². The number of nitrogens with zero attached hydrogens (tertiary/aromatic N) is 3. The summed E-state index contributed by atoms with van der Waals surface area (Å²) >= 11 is 0. The Morgan fingerprint density at radius 3 is 2.33 bits per heavy atom. The maximum absolute atomic E-state index is 11.9. The van der Waals surface area contributed by atoms with E-state index < -0.39 is 0 Å². The summed E-state index contributed by atoms with van der Waals surface area (Å²) in [7, 11) is 1.80. The van der Waals surface area contributed by atoms with Crippen molar-refractivity contribution < 1.29 is 14.6 Å². The van der Waals surface area contributed by atoms with Crippen molar-refractivity contribution in [1.82, 2.24) is 15.1 Å². The van der Waals surface area contributed by atoms with Gasteiger partial charge < -0.3 is 20.1 Å². The lowest BCUT2D eigenvalue weighted by Crippen LogP contribution is -2.46. The zero-order valence-electron chi connectivity index (χ0n) is 18.3. The van der Waals surface area contributed by atoms with Crippen molar-refractivity contribution in [2.75, 3.05) is 39.8 Å². The molecule has 2 heterocycles. The molecule has 0 bridgehead atoms. The molecule has 0 unspecified atom stereocenters. The summed E-state index contributed by atoms with van der Waals surface area (Å²) in [5.74, 6) is 0.823. The third-order valence-corrected chi connectivity index (χ3v) is 6.06. The summed E-state index contributed by atoms with van der Waals surface area (Å²) in [5.41, 5.74) is 2.52. The predicted molar refractivity (Wildman–Crippen MR) is 118 cm³/mol. The average molecular weight is 417 g/mol. The number of ether oxygens (including phenoxy) is 1. The number of esters is 1. The highest BCUT2D eigenvalue weighted by Gasteiger charge is 2.27. The number of piperidine rings is 2. The van der Waals surface area contributed by atoms with E-state index in [1.807, 2.05) is 6.92 Å². The van der Waals surface area contributed by atoms with E-state index in [1.54, 1.807) is 7.05 Å². The van der Waals surface area contributed by atoms with Crippen LogP contribution in [0.5, 0.6) is 0 Å². The molecule has 30 heavy (non-hydrogen) atoms. The van der Waals surface area contributed by atoms with Crippen molar-refractivity contribution in [1.29, 1.82) is 0 Å². The van der Waals surface area contributed by atoms with Crippen LogP contribution in [-0.2, 0) is 22.6 Å². The summed E-state index contributed by atoms with van der Waals surface area (Å²) in [6, 6.07) is 8.72. The van der Waals surface area contributed by atoms with E-state index >= 15 is 0 Å². The van der Waals surface area contributed by atoms with Gasteiger partial charge in [-0.2, -0.15) is 0 Å². The first-order valence-corrected chi connectivity index (χ1v) is 11.2. The first-order valence-electron chi connectivity index (χ1n) is 11.2. The Hall–Kier alpha value is -2.12. The number of aliphatic hydroxyl groups is 1. The molecule has 0 radical (unpaired) electrons. The molecule has 0 amide bonds. The number of benzene rings is 1. The number of rotatable bonds is 6. The fourth-order valence-electron chi connectivity index (χ4n) is 4.20. The summed E-state index contributed by atoms with van der Waals surface area (Å²) in [6.07, 6.45) is 3.24. The molecule has 2 aliphatic heterocycles. The molecule has 1 aromatic carbocycles. The Labute approximate surface area is 180 Å². The lowest BCUT2D eigenvalue weighted by Gasteiger charge is -2.33. The second kappa shape index (κ2) is 11.3. The van der Waals surface area contributed by atoms with Gasteiger partial charge >= 0.3 is 5.97 Å². The molecule has 7 nitrogen and oxygen atoms in total. The van der Waals surface area contributed by atoms with Gasteiger partial charge in [-0.15, -0.1) is 0 Å². The Morgan fingerprint density at radius 1 is 1.10 bits per heavy atom. The number of nitrogens with one attached hydrogen (secondary N) is 1. The van der Waals surface area contributed by atoms with Crippen molar-refractivity contribution in [2.24, 2.45) is 10.9 Å². The minimum atomic E-state index is -0.125. The summed E-state index contributed by atoms with van der Waals surface area (Å²) in [6.45, 7) is 7.52. The van der Waals surface area contributed by atoms with Gasteiger partial charge in [0.05, 0.1) is 18.6 Å². The molecule has 2 N–H and O–H groups in total. The molecule has 2 aliphatic rings. The maximum Gasteiger partial charge on any atom is 0.309 e. The third kappa shape index (κ3) is 6.44. The number of guanidine groups is 1. The lowest BCUT2D eigenvalue weighted by molar-refractivity contribution is -0.149. The molecule has 7 heteroatoms. The van der Waals surface area contributed by atoms with Crippen molar-refractivity contribution in [2.45, 2.75) is 51.8 Å². The first kappa shape index (κ1) is 22.6. The number of hydrogen-bond acceptors (Lipinski definition) is 5. The summed E-state index contributed by atoms with van der Waals surface area (Å²) < 4.78 is 5.15. The minimum absolute atomic E-state index is 0.00928. The van der Waals surface area contributed by atoms with Gasteiger partial charge in [-0.1, -0.05) is 24.3 Å². The molecular weight excluding hydrogens is 380 g/mol. The van der Waals surface area contributed by atoms with Crippen LogP contribution in [0.15, 0.2) is 29.3 Å². The predicted octanol–water partition coefficient (Wildman–Crippen LogP) is 1.99. The van der Waals surface area contributed by atoms with Crippen molar-refractivity contribution in [3.63, 3.8) is 0 Å². The van der Waals surface area contributed by atoms with Crippen LogP contribution in [0.2, 0.25) is 0 Å². The van der Waals surface area contributed by atoms with Crippen LogP contribution in [0.3, 0.4) is 0 Å². The zero-order valence-corrected chi connectivity index (χ0v) is 18.3. The van der Waals surface area contributed by atoms with E-state index in [0.29, 0.717) is 6.61 Å². The van der Waals surface area contributed by atoms with Gasteiger partial charge in [0.25, 0.3) is 0 Å². The molecular formula is C23H36N4O3. The van der Waals surface area contributed by atoms with Crippen LogP contribution in [-0.4, -0.2) is 72.8 Å². The Bertz CT molecular complexity index is 691. The van der Waals surface area contributed by atoms with Gasteiger partial charge in [0.1, 0.15) is 0 Å². The van der Waals surface area contributed by atoms with Crippen LogP contribution < -0.4 is 5.32 Å². The van der Waals surface area contributed by atoms with E-state index in [9.17, 15) is 9.90 Å². The third-order valence-electron chi connectivity index (χ3n) is 6.06. The fourth-order valence-corrected chi connectivity index (χ4v) is 4.20. The smallest absolute Gasteiger partial charge is 0.309 e. The summed E-state index contributed by atoms with van der Waals surface area (Å²) in [4.78, 5) is 21.0. The van der Waals surface area contributed by atoms with Crippen LogP contribution in [0, 0.1) is 5.92 Å². The number of hydrogen-bond donors (Lipinski definition) is 2. The SMILES string of the molecule is CCOC(=O)C1CCN(C(=NC)NCc2ccc(CN3CCC(O)CC3)cc2)CC1. The highest BCUT2D eigenvalue weighted by molar-refractivity contribution is 5.80. The standard InChI is InChI=1S/C23H36N4O3/c1-3-30-22(29)20-8-14-27(15-9-20)23(24-2)25-16-18-4-6-19(7-5-18)17-26-12-10-21(28)11-13-26/h4-7,20-21,28H,3,8-17H2,1-2H3,(H,24,25). The molecule has 0 spiro atoms. The number of aliphatic imine (C=N–C) groups is 1. The molecule has 1 aromatic rings. The molecule has 3 rings (SSSR count). The van der Waals surface area contributed by atoms with Gasteiger partial charge in [0.2, 0.25) is 0 Å². The number of likely N-dealkylation sites (tertiary alicyclic amines) is 2. The van der Waals surface area contributed by atoms with E-state index in [1.165, 1.54) is 11.1 Å². The van der Waals surface area contributed by atoms with Gasteiger partial charge in [-0.25, -0.2) is 0 Å². The monoisotopic (exact) mass is 416 g/mol. The van der Waals surface area contributed by atoms with Crippen molar-refractivity contribution in [3.8, 4) is 0 Å². The van der Waals surface area contributed by atoms with Crippen LogP contribution in [0.25, 0.3) is 0 Å². The topological polar surface area (TPSA) is 77.4 Å². The lowest BCUT2D eigenvalue weighted by atomic mass is 9.97. The van der Waals surface area contributed by atoms with Crippen molar-refractivity contribution in [3.05, 3.63) is 35.4 Å². The van der Waals surface area contributed by atoms with Crippen molar-refractivity contribution >= 4 is 11.9 Å². The number of carbonyl (C=O) groups is 1. The van der Waals surface area contributed by atoms with E-state index in [4.69, 9.17) is 4.74 Å². The number of aliphatic hydroxyl groups excluding tert-OH is 1. The molecule has 0 atom stereocenters. The number of carbonyl (C=O) groups excluding carboxylic acids is 1. The average Bonchev–Trinajstić information content (AvgIpc) is 2.77. The first-order chi connectivity index (χ1) is 14.6. The molecule has 2 saturated heterocycles. The van der Waals surface area contributed by atoms with Crippen LogP contribution >= 0.6 is 0 Å². The highest BCUT2D eigenvalue weighted by atomic mass is 16.5. The largest absolute Gasteiger partial charge is 0.466 e.